The third kappa shape index (κ3) is 2.85. The zero-order chi connectivity index (χ0) is 12.1. The number of hydrazine groups is 1. The number of nitrogens with two attached hydrogens (primary N) is 1. The highest BCUT2D eigenvalue weighted by molar-refractivity contribution is 5.62. The van der Waals surface area contributed by atoms with E-state index in [0.717, 1.165) is 17.1 Å². The average Bonchev–Trinajstić information content (AvgIpc) is 2.40. The predicted octanol–water partition coefficient (Wildman–Crippen LogP) is 2.12. The van der Waals surface area contributed by atoms with Crippen LogP contribution in [0.2, 0.25) is 0 Å². The summed E-state index contributed by atoms with van der Waals surface area (Å²) in [6, 6.07) is 11.4. The van der Waals surface area contributed by atoms with E-state index in [4.69, 9.17) is 10.6 Å². The normalized spacial score (nSPS) is 9.76. The Kier molecular flexibility index (Phi) is 3.42. The summed E-state index contributed by atoms with van der Waals surface area (Å²) < 4.78 is 5.09. The minimum Gasteiger partial charge on any atom is -0.497 e. The van der Waals surface area contributed by atoms with E-state index >= 15 is 0 Å². The van der Waals surface area contributed by atoms with Crippen molar-refractivity contribution in [2.45, 2.75) is 0 Å². The molecule has 0 atom stereocenters. The Hall–Kier alpha value is -2.27. The monoisotopic (exact) mass is 230 g/mol. The van der Waals surface area contributed by atoms with Crippen LogP contribution >= 0.6 is 0 Å². The molecule has 2 rings (SSSR count). The number of anilines is 3. The summed E-state index contributed by atoms with van der Waals surface area (Å²) in [5.74, 6) is 6.74. The van der Waals surface area contributed by atoms with Gasteiger partial charge < -0.3 is 15.5 Å². The molecule has 1 aromatic heterocycles. The Labute approximate surface area is 99.6 Å². The van der Waals surface area contributed by atoms with Crippen LogP contribution < -0.4 is 21.3 Å². The Morgan fingerprint density at radius 1 is 1.12 bits per heavy atom. The summed E-state index contributed by atoms with van der Waals surface area (Å²) in [6.45, 7) is 0. The Morgan fingerprint density at radius 3 is 2.53 bits per heavy atom. The second kappa shape index (κ2) is 5.18. The second-order valence-corrected chi connectivity index (χ2v) is 3.43. The highest BCUT2D eigenvalue weighted by atomic mass is 16.5. The summed E-state index contributed by atoms with van der Waals surface area (Å²) in [7, 11) is 1.64. The third-order valence-electron chi connectivity index (χ3n) is 2.29. The van der Waals surface area contributed by atoms with Crippen LogP contribution in [0.4, 0.5) is 17.2 Å². The van der Waals surface area contributed by atoms with E-state index in [1.807, 2.05) is 36.4 Å². The van der Waals surface area contributed by atoms with Gasteiger partial charge in [0.25, 0.3) is 0 Å². The lowest BCUT2D eigenvalue weighted by atomic mass is 10.3. The summed E-state index contributed by atoms with van der Waals surface area (Å²) >= 11 is 0. The van der Waals surface area contributed by atoms with Crippen molar-refractivity contribution in [2.75, 3.05) is 17.9 Å². The fourth-order valence-electron chi connectivity index (χ4n) is 1.43. The fraction of sp³-hybridized carbons (Fsp3) is 0.0833. The van der Waals surface area contributed by atoms with Crippen molar-refractivity contribution in [1.82, 2.24) is 4.98 Å². The summed E-state index contributed by atoms with van der Waals surface area (Å²) in [5.41, 5.74) is 4.39. The minimum atomic E-state index is 0.614. The van der Waals surface area contributed by atoms with Crippen molar-refractivity contribution < 1.29 is 4.74 Å². The number of benzene rings is 1. The van der Waals surface area contributed by atoms with Gasteiger partial charge in [-0.25, -0.2) is 10.8 Å². The Balaban J connectivity index is 2.13. The van der Waals surface area contributed by atoms with Crippen LogP contribution in [-0.4, -0.2) is 12.1 Å². The molecule has 0 fully saturated rings. The Bertz CT molecular complexity index is 484. The molecule has 0 bridgehead atoms. The first-order valence-corrected chi connectivity index (χ1v) is 5.15. The zero-order valence-electron chi connectivity index (χ0n) is 9.47. The molecule has 17 heavy (non-hydrogen) atoms. The van der Waals surface area contributed by atoms with Gasteiger partial charge in [0.15, 0.2) is 0 Å². The molecular weight excluding hydrogens is 216 g/mol. The molecule has 2 aromatic rings. The van der Waals surface area contributed by atoms with Crippen LogP contribution in [0.15, 0.2) is 42.6 Å². The van der Waals surface area contributed by atoms with Gasteiger partial charge in [-0.2, -0.15) is 0 Å². The standard InChI is InChI=1S/C12H14N4O/c1-17-11-4-2-9(3-5-11)15-10-6-7-14-12(8-10)16-13/h2-8H,13H2,1H3,(H2,14,15,16). The quantitative estimate of drug-likeness (QED) is 0.554. The van der Waals surface area contributed by atoms with Crippen LogP contribution in [0.1, 0.15) is 0 Å². The van der Waals surface area contributed by atoms with Crippen LogP contribution in [0, 0.1) is 0 Å². The van der Waals surface area contributed by atoms with Crippen molar-refractivity contribution in [3.8, 4) is 5.75 Å². The molecule has 0 spiro atoms. The number of hydrogen-bond acceptors (Lipinski definition) is 5. The number of ether oxygens (including phenoxy) is 1. The van der Waals surface area contributed by atoms with Crippen LogP contribution in [0.5, 0.6) is 5.75 Å². The molecule has 0 aliphatic rings. The molecule has 0 unspecified atom stereocenters. The molecule has 0 aliphatic carbocycles. The van der Waals surface area contributed by atoms with Crippen molar-refractivity contribution in [2.24, 2.45) is 5.84 Å². The van der Waals surface area contributed by atoms with E-state index in [0.29, 0.717) is 5.82 Å². The smallest absolute Gasteiger partial charge is 0.141 e. The number of pyridine rings is 1. The second-order valence-electron chi connectivity index (χ2n) is 3.43. The maximum atomic E-state index is 5.29. The molecule has 0 amide bonds. The minimum absolute atomic E-state index is 0.614. The van der Waals surface area contributed by atoms with E-state index < -0.39 is 0 Å². The zero-order valence-corrected chi connectivity index (χ0v) is 9.47. The average molecular weight is 230 g/mol. The van der Waals surface area contributed by atoms with Crippen molar-refractivity contribution in [3.63, 3.8) is 0 Å². The number of aromatic nitrogens is 1. The molecule has 0 saturated carbocycles. The lowest BCUT2D eigenvalue weighted by Gasteiger charge is -2.08. The summed E-state index contributed by atoms with van der Waals surface area (Å²) in [5, 5.41) is 3.24. The molecule has 1 aromatic carbocycles. The maximum absolute atomic E-state index is 5.29. The van der Waals surface area contributed by atoms with Gasteiger partial charge in [-0.05, 0) is 30.3 Å². The van der Waals surface area contributed by atoms with Gasteiger partial charge in [-0.3, -0.25) is 0 Å². The van der Waals surface area contributed by atoms with E-state index in [-0.39, 0.29) is 0 Å². The summed E-state index contributed by atoms with van der Waals surface area (Å²) in [4.78, 5) is 4.03. The van der Waals surface area contributed by atoms with Crippen LogP contribution in [-0.2, 0) is 0 Å². The van der Waals surface area contributed by atoms with Crippen LogP contribution in [0.3, 0.4) is 0 Å². The van der Waals surface area contributed by atoms with Gasteiger partial charge in [0.05, 0.1) is 7.11 Å². The molecular formula is C12H14N4O. The lowest BCUT2D eigenvalue weighted by molar-refractivity contribution is 0.415. The number of rotatable bonds is 4. The third-order valence-corrected chi connectivity index (χ3v) is 2.29. The van der Waals surface area contributed by atoms with Gasteiger partial charge in [0.1, 0.15) is 11.6 Å². The van der Waals surface area contributed by atoms with Gasteiger partial charge >= 0.3 is 0 Å². The highest BCUT2D eigenvalue weighted by Crippen LogP contribution is 2.20. The molecule has 0 aliphatic heterocycles. The number of nitrogens with zero attached hydrogens (tertiary/aromatic N) is 1. The van der Waals surface area contributed by atoms with Gasteiger partial charge in [0, 0.05) is 23.6 Å². The SMILES string of the molecule is COc1ccc(Nc2ccnc(NN)c2)cc1. The van der Waals surface area contributed by atoms with E-state index in [2.05, 4.69) is 15.7 Å². The first-order chi connectivity index (χ1) is 8.31. The van der Waals surface area contributed by atoms with Crippen molar-refractivity contribution in [3.05, 3.63) is 42.6 Å². The van der Waals surface area contributed by atoms with E-state index in [1.165, 1.54) is 0 Å². The molecule has 0 radical (unpaired) electrons. The highest BCUT2D eigenvalue weighted by Gasteiger charge is 1.97. The van der Waals surface area contributed by atoms with E-state index in [1.54, 1.807) is 13.3 Å². The van der Waals surface area contributed by atoms with E-state index in [9.17, 15) is 0 Å². The lowest BCUT2D eigenvalue weighted by Crippen LogP contribution is -2.08. The first-order valence-electron chi connectivity index (χ1n) is 5.15. The molecule has 0 saturated heterocycles. The van der Waals surface area contributed by atoms with Gasteiger partial charge in [0.2, 0.25) is 0 Å². The molecule has 5 heteroatoms. The molecule has 88 valence electrons. The number of nitrogen functional groups attached to an aromatic ring is 1. The van der Waals surface area contributed by atoms with Gasteiger partial charge in [-0.1, -0.05) is 0 Å². The molecule has 5 nitrogen and oxygen atoms in total. The maximum Gasteiger partial charge on any atom is 0.141 e. The summed E-state index contributed by atoms with van der Waals surface area (Å²) in [6.07, 6.45) is 1.68. The Morgan fingerprint density at radius 2 is 1.88 bits per heavy atom. The topological polar surface area (TPSA) is 72.2 Å². The van der Waals surface area contributed by atoms with Crippen LogP contribution in [0.25, 0.3) is 0 Å². The first kappa shape index (κ1) is 11.2. The number of hydrogen-bond donors (Lipinski definition) is 3. The molecule has 1 heterocycles. The fourth-order valence-corrected chi connectivity index (χ4v) is 1.43. The molecule has 4 N–H and O–H groups in total. The predicted molar refractivity (Wildman–Crippen MR) is 68.3 cm³/mol. The van der Waals surface area contributed by atoms with Crippen molar-refractivity contribution in [1.29, 1.82) is 0 Å². The van der Waals surface area contributed by atoms with Gasteiger partial charge in [-0.15, -0.1) is 0 Å². The number of nitrogens with one attached hydrogen (secondary N) is 2. The largest absolute Gasteiger partial charge is 0.497 e. The van der Waals surface area contributed by atoms with Crippen molar-refractivity contribution >= 4 is 17.2 Å². The number of methoxy groups -OCH3 is 1.